The van der Waals surface area contributed by atoms with Gasteiger partial charge in [-0.05, 0) is 56.4 Å². The minimum atomic E-state index is -4.70. The first-order valence-electron chi connectivity index (χ1n) is 9.03. The molecule has 1 saturated carbocycles. The van der Waals surface area contributed by atoms with Crippen LogP contribution >= 0.6 is 0 Å². The van der Waals surface area contributed by atoms with E-state index in [1.54, 1.807) is 6.92 Å². The number of rotatable bonds is 7. The van der Waals surface area contributed by atoms with Gasteiger partial charge in [0.2, 0.25) is 0 Å². The van der Waals surface area contributed by atoms with Gasteiger partial charge in [-0.2, -0.15) is 21.6 Å². The Hall–Kier alpha value is -2.07. The van der Waals surface area contributed by atoms with Crippen LogP contribution in [0.15, 0.2) is 30.4 Å². The summed E-state index contributed by atoms with van der Waals surface area (Å²) < 4.78 is 81.1. The summed E-state index contributed by atoms with van der Waals surface area (Å²) in [6.45, 7) is 4.95. The van der Waals surface area contributed by atoms with E-state index in [4.69, 9.17) is 14.0 Å². The van der Waals surface area contributed by atoms with Crippen molar-refractivity contribution >= 4 is 16.1 Å². The lowest BCUT2D eigenvalue weighted by Gasteiger charge is -2.39. The summed E-state index contributed by atoms with van der Waals surface area (Å²) in [6, 6.07) is 2.60. The SMILES string of the molecule is C=C(C)C1(Oc2cc(C(=O)OCCS(=O)(=O)O)ccc2C(F)(F)F)CCCCC1. The molecule has 1 aliphatic rings. The third kappa shape index (κ3) is 6.20. The summed E-state index contributed by atoms with van der Waals surface area (Å²) in [7, 11) is -4.33. The zero-order valence-electron chi connectivity index (χ0n) is 15.9. The molecule has 0 heterocycles. The fourth-order valence-corrected chi connectivity index (χ4v) is 3.53. The first-order valence-corrected chi connectivity index (χ1v) is 10.6. The molecule has 29 heavy (non-hydrogen) atoms. The lowest BCUT2D eigenvalue weighted by Crippen LogP contribution is -2.39. The molecule has 10 heteroatoms. The second-order valence-electron chi connectivity index (χ2n) is 7.07. The lowest BCUT2D eigenvalue weighted by atomic mass is 9.80. The van der Waals surface area contributed by atoms with Crippen molar-refractivity contribution in [3.8, 4) is 5.75 Å². The van der Waals surface area contributed by atoms with Gasteiger partial charge in [-0.1, -0.05) is 13.0 Å². The zero-order valence-corrected chi connectivity index (χ0v) is 16.7. The van der Waals surface area contributed by atoms with Crippen LogP contribution in [0.3, 0.4) is 0 Å². The highest BCUT2D eigenvalue weighted by atomic mass is 32.2. The number of halogens is 3. The average molecular weight is 436 g/mol. The molecule has 0 atom stereocenters. The molecule has 0 amide bonds. The van der Waals surface area contributed by atoms with Crippen LogP contribution in [-0.2, 0) is 21.0 Å². The smallest absolute Gasteiger partial charge is 0.419 e. The summed E-state index contributed by atoms with van der Waals surface area (Å²) in [5.41, 5.74) is -1.60. The Morgan fingerprint density at radius 1 is 1.24 bits per heavy atom. The van der Waals surface area contributed by atoms with Crippen LogP contribution in [0.4, 0.5) is 13.2 Å². The fourth-order valence-electron chi connectivity index (χ4n) is 3.24. The Bertz CT molecular complexity index is 870. The standard InChI is InChI=1S/C19H23F3O6S/c1-13(2)18(8-4-3-5-9-18)28-16-12-14(6-7-15(16)19(20,21)22)17(23)27-10-11-29(24,25)26/h6-7,12H,1,3-5,8-11H2,2H3,(H,24,25,26). The van der Waals surface area contributed by atoms with Gasteiger partial charge in [0.15, 0.2) is 0 Å². The molecule has 0 unspecified atom stereocenters. The molecule has 1 N–H and O–H groups in total. The first kappa shape index (κ1) is 23.2. The van der Waals surface area contributed by atoms with Crippen LogP contribution in [0.5, 0.6) is 5.75 Å². The van der Waals surface area contributed by atoms with E-state index in [0.29, 0.717) is 18.4 Å². The van der Waals surface area contributed by atoms with Crippen LogP contribution in [0.25, 0.3) is 0 Å². The van der Waals surface area contributed by atoms with Crippen molar-refractivity contribution in [1.82, 2.24) is 0 Å². The molecule has 1 aromatic carbocycles. The number of hydrogen-bond acceptors (Lipinski definition) is 5. The van der Waals surface area contributed by atoms with E-state index in [1.807, 2.05) is 0 Å². The molecule has 0 spiro atoms. The molecule has 6 nitrogen and oxygen atoms in total. The van der Waals surface area contributed by atoms with Crippen molar-refractivity contribution in [3.63, 3.8) is 0 Å². The number of ether oxygens (including phenoxy) is 2. The molecule has 1 aromatic rings. The summed E-state index contributed by atoms with van der Waals surface area (Å²) in [5, 5.41) is 0. The minimum Gasteiger partial charge on any atom is -0.482 e. The second kappa shape index (κ2) is 8.74. The topological polar surface area (TPSA) is 89.9 Å². The van der Waals surface area contributed by atoms with Crippen molar-refractivity contribution < 1.29 is 40.4 Å². The van der Waals surface area contributed by atoms with Gasteiger partial charge >= 0.3 is 12.1 Å². The molecular weight excluding hydrogens is 413 g/mol. The Morgan fingerprint density at radius 3 is 2.38 bits per heavy atom. The normalized spacial score (nSPS) is 16.9. The lowest BCUT2D eigenvalue weighted by molar-refractivity contribution is -0.140. The Labute approximate surface area is 167 Å². The van der Waals surface area contributed by atoms with Gasteiger partial charge in [-0.15, -0.1) is 0 Å². The second-order valence-corrected chi connectivity index (χ2v) is 8.64. The maximum atomic E-state index is 13.5. The fraction of sp³-hybridized carbons (Fsp3) is 0.526. The number of alkyl halides is 3. The van der Waals surface area contributed by atoms with E-state index in [9.17, 15) is 26.4 Å². The molecule has 0 aromatic heterocycles. The molecule has 2 rings (SSSR count). The Morgan fingerprint density at radius 2 is 1.86 bits per heavy atom. The number of carbonyl (C=O) groups excluding carboxylic acids is 1. The zero-order chi connectivity index (χ0) is 21.9. The molecule has 1 fully saturated rings. The monoisotopic (exact) mass is 436 g/mol. The van der Waals surface area contributed by atoms with E-state index in [2.05, 4.69) is 6.58 Å². The van der Waals surface area contributed by atoms with E-state index in [1.165, 1.54) is 0 Å². The minimum absolute atomic E-state index is 0.226. The van der Waals surface area contributed by atoms with E-state index >= 15 is 0 Å². The molecule has 0 bridgehead atoms. The van der Waals surface area contributed by atoms with Gasteiger partial charge < -0.3 is 9.47 Å². The molecule has 0 saturated heterocycles. The quantitative estimate of drug-likeness (QED) is 0.387. The highest BCUT2D eigenvalue weighted by Gasteiger charge is 2.40. The van der Waals surface area contributed by atoms with Crippen LogP contribution in [0, 0.1) is 0 Å². The van der Waals surface area contributed by atoms with Crippen molar-refractivity contribution in [1.29, 1.82) is 0 Å². The molecular formula is C19H23F3O6S. The Balaban J connectivity index is 2.34. The van der Waals surface area contributed by atoms with E-state index in [-0.39, 0.29) is 5.56 Å². The predicted molar refractivity (Wildman–Crippen MR) is 99.4 cm³/mol. The van der Waals surface area contributed by atoms with Gasteiger partial charge in [-0.25, -0.2) is 4.79 Å². The van der Waals surface area contributed by atoms with Crippen molar-refractivity contribution in [3.05, 3.63) is 41.5 Å². The van der Waals surface area contributed by atoms with Crippen LogP contribution < -0.4 is 4.74 Å². The number of benzene rings is 1. The maximum Gasteiger partial charge on any atom is 0.419 e. The molecule has 0 radical (unpaired) electrons. The van der Waals surface area contributed by atoms with Crippen molar-refractivity contribution in [2.45, 2.75) is 50.8 Å². The van der Waals surface area contributed by atoms with E-state index in [0.717, 1.165) is 37.5 Å². The van der Waals surface area contributed by atoms with Gasteiger partial charge in [0.1, 0.15) is 23.7 Å². The average Bonchev–Trinajstić information content (AvgIpc) is 2.60. The number of carbonyl (C=O) groups is 1. The summed E-state index contributed by atoms with van der Waals surface area (Å²) in [4.78, 5) is 12.1. The van der Waals surface area contributed by atoms with Gasteiger partial charge in [-0.3, -0.25) is 4.55 Å². The third-order valence-electron chi connectivity index (χ3n) is 4.84. The Kier molecular flexibility index (Phi) is 7.00. The van der Waals surface area contributed by atoms with Gasteiger partial charge in [0.25, 0.3) is 10.1 Å². The largest absolute Gasteiger partial charge is 0.482 e. The highest BCUT2D eigenvalue weighted by Crippen LogP contribution is 2.43. The molecule has 0 aliphatic heterocycles. The third-order valence-corrected chi connectivity index (χ3v) is 5.52. The van der Waals surface area contributed by atoms with E-state index < -0.39 is 51.5 Å². The highest BCUT2D eigenvalue weighted by molar-refractivity contribution is 7.85. The van der Waals surface area contributed by atoms with Crippen LogP contribution in [-0.4, -0.2) is 36.9 Å². The summed E-state index contributed by atoms with van der Waals surface area (Å²) in [5.74, 6) is -2.35. The molecule has 162 valence electrons. The predicted octanol–water partition coefficient (Wildman–Crippen LogP) is 4.41. The first-order chi connectivity index (χ1) is 13.3. The summed E-state index contributed by atoms with van der Waals surface area (Å²) in [6.07, 6.45) is -1.15. The number of esters is 1. The van der Waals surface area contributed by atoms with Gasteiger partial charge in [0.05, 0.1) is 11.1 Å². The molecule has 1 aliphatic carbocycles. The van der Waals surface area contributed by atoms with Crippen LogP contribution in [0.2, 0.25) is 0 Å². The number of hydrogen-bond donors (Lipinski definition) is 1. The summed E-state index contributed by atoms with van der Waals surface area (Å²) >= 11 is 0. The van der Waals surface area contributed by atoms with Gasteiger partial charge in [0, 0.05) is 0 Å². The van der Waals surface area contributed by atoms with Crippen molar-refractivity contribution in [2.75, 3.05) is 12.4 Å². The van der Waals surface area contributed by atoms with Crippen molar-refractivity contribution in [2.24, 2.45) is 0 Å². The van der Waals surface area contributed by atoms with Crippen LogP contribution in [0.1, 0.15) is 54.9 Å². The maximum absolute atomic E-state index is 13.5.